The maximum absolute atomic E-state index is 6.11. The largest absolute Gasteiger partial charge is 0.378 e. The van der Waals surface area contributed by atoms with Gasteiger partial charge in [0.15, 0.2) is 0 Å². The summed E-state index contributed by atoms with van der Waals surface area (Å²) in [6.45, 7) is 6.02. The van der Waals surface area contributed by atoms with Crippen molar-refractivity contribution in [2.75, 3.05) is 13.2 Å². The lowest BCUT2D eigenvalue weighted by molar-refractivity contribution is 0.0956. The van der Waals surface area contributed by atoms with Crippen molar-refractivity contribution in [3.05, 3.63) is 33.8 Å². The minimum atomic E-state index is 0.280. The molecule has 0 saturated carbocycles. The van der Waals surface area contributed by atoms with Crippen molar-refractivity contribution in [2.45, 2.75) is 32.4 Å². The Kier molecular flexibility index (Phi) is 4.91. The Morgan fingerprint density at radius 2 is 2.17 bits per heavy atom. The van der Waals surface area contributed by atoms with Gasteiger partial charge in [-0.25, -0.2) is 0 Å². The maximum atomic E-state index is 6.11. The van der Waals surface area contributed by atoms with Crippen LogP contribution in [0.25, 0.3) is 0 Å². The molecule has 100 valence electrons. The SMILES string of the molecule is CCNC(c1ccc(Cl)c(Cl)c1)C1CCOC1C. The first-order valence-corrected chi connectivity index (χ1v) is 7.19. The number of rotatable bonds is 4. The molecular weight excluding hydrogens is 269 g/mol. The van der Waals surface area contributed by atoms with E-state index in [9.17, 15) is 0 Å². The molecule has 1 aliphatic heterocycles. The van der Waals surface area contributed by atoms with Crippen LogP contribution in [0.1, 0.15) is 31.9 Å². The van der Waals surface area contributed by atoms with Crippen molar-refractivity contribution in [3.8, 4) is 0 Å². The van der Waals surface area contributed by atoms with Gasteiger partial charge in [0.2, 0.25) is 0 Å². The van der Waals surface area contributed by atoms with Gasteiger partial charge in [0.25, 0.3) is 0 Å². The summed E-state index contributed by atoms with van der Waals surface area (Å²) in [5.41, 5.74) is 1.19. The third-order valence-corrected chi connectivity index (χ3v) is 4.33. The fourth-order valence-corrected chi connectivity index (χ4v) is 2.93. The quantitative estimate of drug-likeness (QED) is 0.901. The Bertz CT molecular complexity index is 411. The van der Waals surface area contributed by atoms with Crippen molar-refractivity contribution >= 4 is 23.2 Å². The van der Waals surface area contributed by atoms with E-state index in [4.69, 9.17) is 27.9 Å². The third kappa shape index (κ3) is 3.00. The predicted molar refractivity (Wildman–Crippen MR) is 76.4 cm³/mol. The Morgan fingerprint density at radius 1 is 1.39 bits per heavy atom. The van der Waals surface area contributed by atoms with Crippen LogP contribution in [0.3, 0.4) is 0 Å². The molecule has 3 atom stereocenters. The van der Waals surface area contributed by atoms with E-state index in [0.717, 1.165) is 19.6 Å². The molecule has 1 aromatic rings. The topological polar surface area (TPSA) is 21.3 Å². The first-order valence-electron chi connectivity index (χ1n) is 6.43. The molecule has 2 nitrogen and oxygen atoms in total. The van der Waals surface area contributed by atoms with Gasteiger partial charge in [-0.05, 0) is 37.6 Å². The number of halogens is 2. The number of hydrogen-bond donors (Lipinski definition) is 1. The van der Waals surface area contributed by atoms with Gasteiger partial charge in [-0.1, -0.05) is 36.2 Å². The first-order chi connectivity index (χ1) is 8.63. The predicted octanol–water partition coefficient (Wildman–Crippen LogP) is 4.07. The molecule has 1 aromatic carbocycles. The van der Waals surface area contributed by atoms with Crippen LogP contribution < -0.4 is 5.32 Å². The second kappa shape index (κ2) is 6.25. The van der Waals surface area contributed by atoms with Gasteiger partial charge in [0.1, 0.15) is 0 Å². The van der Waals surface area contributed by atoms with Crippen LogP contribution in [0, 0.1) is 5.92 Å². The summed E-state index contributed by atoms with van der Waals surface area (Å²) in [6.07, 6.45) is 1.36. The summed E-state index contributed by atoms with van der Waals surface area (Å²) in [4.78, 5) is 0. The average molecular weight is 288 g/mol. The summed E-state index contributed by atoms with van der Waals surface area (Å²) < 4.78 is 5.67. The van der Waals surface area contributed by atoms with Gasteiger partial charge in [-0.2, -0.15) is 0 Å². The van der Waals surface area contributed by atoms with E-state index >= 15 is 0 Å². The van der Waals surface area contributed by atoms with Crippen LogP contribution in [0.5, 0.6) is 0 Å². The van der Waals surface area contributed by atoms with E-state index in [-0.39, 0.29) is 12.1 Å². The van der Waals surface area contributed by atoms with Crippen molar-refractivity contribution < 1.29 is 4.74 Å². The van der Waals surface area contributed by atoms with Crippen LogP contribution in [0.2, 0.25) is 10.0 Å². The van der Waals surface area contributed by atoms with Crippen LogP contribution >= 0.6 is 23.2 Å². The van der Waals surface area contributed by atoms with Crippen LogP contribution in [0.4, 0.5) is 0 Å². The van der Waals surface area contributed by atoms with Gasteiger partial charge in [-0.3, -0.25) is 0 Å². The van der Waals surface area contributed by atoms with E-state index in [1.807, 2.05) is 18.2 Å². The van der Waals surface area contributed by atoms with E-state index in [0.29, 0.717) is 16.0 Å². The average Bonchev–Trinajstić information content (AvgIpc) is 2.76. The summed E-state index contributed by atoms with van der Waals surface area (Å²) in [7, 11) is 0. The number of hydrogen-bond acceptors (Lipinski definition) is 2. The zero-order chi connectivity index (χ0) is 13.1. The van der Waals surface area contributed by atoms with Gasteiger partial charge in [0, 0.05) is 18.6 Å². The molecule has 4 heteroatoms. The molecule has 0 aliphatic carbocycles. The molecule has 0 radical (unpaired) electrons. The standard InChI is InChI=1S/C14H19Cl2NO/c1-3-17-14(11-6-7-18-9(11)2)10-4-5-12(15)13(16)8-10/h4-5,8-9,11,14,17H,3,6-7H2,1-2H3. The monoisotopic (exact) mass is 287 g/mol. The van der Waals surface area contributed by atoms with Gasteiger partial charge in [0.05, 0.1) is 16.1 Å². The van der Waals surface area contributed by atoms with Crippen LogP contribution in [-0.4, -0.2) is 19.3 Å². The summed E-state index contributed by atoms with van der Waals surface area (Å²) in [5, 5.41) is 4.75. The lowest BCUT2D eigenvalue weighted by atomic mass is 9.88. The molecule has 1 N–H and O–H groups in total. The normalized spacial score (nSPS) is 25.3. The first kappa shape index (κ1) is 14.1. The lowest BCUT2D eigenvalue weighted by Crippen LogP contribution is -2.31. The van der Waals surface area contributed by atoms with Crippen LogP contribution in [0.15, 0.2) is 18.2 Å². The van der Waals surface area contributed by atoms with Gasteiger partial charge in [-0.15, -0.1) is 0 Å². The molecule has 2 rings (SSSR count). The Hall–Kier alpha value is -0.280. The number of nitrogens with one attached hydrogen (secondary N) is 1. The molecule has 0 bridgehead atoms. The molecular formula is C14H19Cl2NO. The van der Waals surface area contributed by atoms with Crippen LogP contribution in [-0.2, 0) is 4.74 Å². The van der Waals surface area contributed by atoms with Crippen molar-refractivity contribution in [1.82, 2.24) is 5.32 Å². The zero-order valence-electron chi connectivity index (χ0n) is 10.7. The number of benzene rings is 1. The molecule has 1 aliphatic rings. The third-order valence-electron chi connectivity index (χ3n) is 3.59. The molecule has 1 fully saturated rings. The molecule has 0 spiro atoms. The second-order valence-electron chi connectivity index (χ2n) is 4.74. The molecule has 18 heavy (non-hydrogen) atoms. The Labute approximate surface area is 119 Å². The smallest absolute Gasteiger partial charge is 0.0595 e. The minimum Gasteiger partial charge on any atom is -0.378 e. The van der Waals surface area contributed by atoms with E-state index in [2.05, 4.69) is 19.2 Å². The number of ether oxygens (including phenoxy) is 1. The van der Waals surface area contributed by atoms with Crippen molar-refractivity contribution in [3.63, 3.8) is 0 Å². The van der Waals surface area contributed by atoms with E-state index in [1.165, 1.54) is 5.56 Å². The fourth-order valence-electron chi connectivity index (χ4n) is 2.63. The van der Waals surface area contributed by atoms with Crippen molar-refractivity contribution in [1.29, 1.82) is 0 Å². The maximum Gasteiger partial charge on any atom is 0.0595 e. The highest BCUT2D eigenvalue weighted by Crippen LogP contribution is 2.35. The molecule has 1 saturated heterocycles. The van der Waals surface area contributed by atoms with Gasteiger partial charge >= 0.3 is 0 Å². The van der Waals surface area contributed by atoms with E-state index in [1.54, 1.807) is 0 Å². The summed E-state index contributed by atoms with van der Waals surface area (Å²) in [6, 6.07) is 6.15. The highest BCUT2D eigenvalue weighted by atomic mass is 35.5. The molecule has 1 heterocycles. The fraction of sp³-hybridized carbons (Fsp3) is 0.571. The summed E-state index contributed by atoms with van der Waals surface area (Å²) in [5.74, 6) is 0.488. The molecule has 0 amide bonds. The molecule has 3 unspecified atom stereocenters. The highest BCUT2D eigenvalue weighted by molar-refractivity contribution is 6.42. The molecule has 0 aromatic heterocycles. The second-order valence-corrected chi connectivity index (χ2v) is 5.55. The zero-order valence-corrected chi connectivity index (χ0v) is 12.3. The van der Waals surface area contributed by atoms with E-state index < -0.39 is 0 Å². The van der Waals surface area contributed by atoms with Crippen molar-refractivity contribution in [2.24, 2.45) is 5.92 Å². The highest BCUT2D eigenvalue weighted by Gasteiger charge is 2.32. The summed E-state index contributed by atoms with van der Waals surface area (Å²) >= 11 is 12.1. The lowest BCUT2D eigenvalue weighted by Gasteiger charge is -2.27. The Morgan fingerprint density at radius 3 is 2.72 bits per heavy atom. The minimum absolute atomic E-state index is 0.280. The Balaban J connectivity index is 2.25. The van der Waals surface area contributed by atoms with Gasteiger partial charge < -0.3 is 10.1 Å².